The molecule has 2 aromatic rings. The van der Waals surface area contributed by atoms with Gasteiger partial charge in [-0.25, -0.2) is 9.48 Å². The van der Waals surface area contributed by atoms with Gasteiger partial charge >= 0.3 is 5.97 Å². The molecule has 1 aliphatic rings. The van der Waals surface area contributed by atoms with Crippen LogP contribution < -0.4 is 16.2 Å². The summed E-state index contributed by atoms with van der Waals surface area (Å²) >= 11 is 0. The summed E-state index contributed by atoms with van der Waals surface area (Å²) in [7, 11) is 0. The number of ether oxygens (including phenoxy) is 5. The Kier molecular flexibility index (Phi) is 12.2. The maximum Gasteiger partial charge on any atom is 0.329 e. The molecule has 1 aromatic heterocycles. The van der Waals surface area contributed by atoms with Gasteiger partial charge in [0.2, 0.25) is 5.91 Å². The van der Waals surface area contributed by atoms with Crippen molar-refractivity contribution < 1.29 is 43.2 Å². The Bertz CT molecular complexity index is 1170. The SMILES string of the molecule is CC(OCCNc1ccc2c(=O)n(C3CCC(=O)NC3=O)ncc2c1)OCCOCCOCCOCC(=O)O. The minimum Gasteiger partial charge on any atom is -0.480 e. The molecular formula is C25H34N4O10. The predicted octanol–water partition coefficient (Wildman–Crippen LogP) is 0.300. The quantitative estimate of drug-likeness (QED) is 0.132. The van der Waals surface area contributed by atoms with Crippen molar-refractivity contribution in [2.75, 3.05) is 64.7 Å². The molecule has 39 heavy (non-hydrogen) atoms. The number of benzene rings is 1. The van der Waals surface area contributed by atoms with Crippen molar-refractivity contribution in [3.05, 3.63) is 34.7 Å². The molecular weight excluding hydrogens is 516 g/mol. The van der Waals surface area contributed by atoms with E-state index in [0.29, 0.717) is 57.0 Å². The van der Waals surface area contributed by atoms with Crippen molar-refractivity contribution in [2.24, 2.45) is 0 Å². The lowest BCUT2D eigenvalue weighted by Gasteiger charge is -2.21. The Morgan fingerprint density at radius 2 is 1.77 bits per heavy atom. The zero-order valence-corrected chi connectivity index (χ0v) is 21.8. The molecule has 2 atom stereocenters. The first-order valence-corrected chi connectivity index (χ1v) is 12.6. The van der Waals surface area contributed by atoms with Gasteiger partial charge in [-0.2, -0.15) is 5.10 Å². The number of hydrogen-bond donors (Lipinski definition) is 3. The zero-order chi connectivity index (χ0) is 28.0. The molecule has 0 aliphatic carbocycles. The summed E-state index contributed by atoms with van der Waals surface area (Å²) < 4.78 is 27.8. The Hall–Kier alpha value is -3.43. The molecule has 1 fully saturated rings. The van der Waals surface area contributed by atoms with Crippen molar-refractivity contribution in [3.8, 4) is 0 Å². The van der Waals surface area contributed by atoms with E-state index in [1.54, 1.807) is 25.1 Å². The van der Waals surface area contributed by atoms with E-state index in [9.17, 15) is 19.2 Å². The molecule has 0 saturated carbocycles. The number of nitrogens with zero attached hydrogens (tertiary/aromatic N) is 2. The Morgan fingerprint density at radius 3 is 2.49 bits per heavy atom. The van der Waals surface area contributed by atoms with Crippen LogP contribution in [-0.4, -0.2) is 98.4 Å². The molecule has 0 radical (unpaired) electrons. The molecule has 3 rings (SSSR count). The average Bonchev–Trinajstić information content (AvgIpc) is 2.90. The number of hydrogen-bond acceptors (Lipinski definition) is 11. The van der Waals surface area contributed by atoms with Crippen molar-refractivity contribution in [2.45, 2.75) is 32.1 Å². The predicted molar refractivity (Wildman–Crippen MR) is 137 cm³/mol. The van der Waals surface area contributed by atoms with Crippen LogP contribution in [0.4, 0.5) is 5.69 Å². The number of aliphatic carboxylic acids is 1. The molecule has 1 saturated heterocycles. The summed E-state index contributed by atoms with van der Waals surface area (Å²) in [5, 5.41) is 19.1. The first kappa shape index (κ1) is 30.1. The molecule has 2 unspecified atom stereocenters. The summed E-state index contributed by atoms with van der Waals surface area (Å²) in [6.45, 7) is 4.32. The van der Waals surface area contributed by atoms with Gasteiger partial charge in [-0.1, -0.05) is 0 Å². The third kappa shape index (κ3) is 10.00. The number of fused-ring (bicyclic) bond motifs is 1. The molecule has 0 bridgehead atoms. The van der Waals surface area contributed by atoms with Gasteiger partial charge in [0, 0.05) is 24.0 Å². The molecule has 214 valence electrons. The lowest BCUT2D eigenvalue weighted by Crippen LogP contribution is -2.45. The third-order valence-corrected chi connectivity index (χ3v) is 5.65. The number of carboxylic acid groups (broad SMARTS) is 1. The van der Waals surface area contributed by atoms with Gasteiger partial charge in [0.1, 0.15) is 12.6 Å². The number of anilines is 1. The highest BCUT2D eigenvalue weighted by Crippen LogP contribution is 2.19. The minimum atomic E-state index is -1.01. The number of carbonyl (C=O) groups is 3. The summed E-state index contributed by atoms with van der Waals surface area (Å²) in [5.41, 5.74) is 0.394. The third-order valence-electron chi connectivity index (χ3n) is 5.65. The highest BCUT2D eigenvalue weighted by Gasteiger charge is 2.29. The highest BCUT2D eigenvalue weighted by atomic mass is 16.7. The van der Waals surface area contributed by atoms with Gasteiger partial charge in [-0.15, -0.1) is 0 Å². The summed E-state index contributed by atoms with van der Waals surface area (Å²) in [5.74, 6) is -1.88. The van der Waals surface area contributed by atoms with E-state index in [2.05, 4.69) is 15.7 Å². The van der Waals surface area contributed by atoms with Crippen LogP contribution in [0.15, 0.2) is 29.2 Å². The van der Waals surface area contributed by atoms with E-state index in [1.165, 1.54) is 6.20 Å². The topological polar surface area (TPSA) is 177 Å². The van der Waals surface area contributed by atoms with Gasteiger partial charge in [0.25, 0.3) is 11.5 Å². The van der Waals surface area contributed by atoms with Gasteiger partial charge in [-0.3, -0.25) is 19.7 Å². The number of piperidine rings is 1. The second-order valence-corrected chi connectivity index (χ2v) is 8.57. The molecule has 14 nitrogen and oxygen atoms in total. The number of nitrogens with one attached hydrogen (secondary N) is 2. The van der Waals surface area contributed by atoms with E-state index >= 15 is 0 Å². The molecule has 1 aliphatic heterocycles. The second kappa shape index (κ2) is 15.9. The maximum atomic E-state index is 12.9. The lowest BCUT2D eigenvalue weighted by atomic mass is 10.1. The van der Waals surface area contributed by atoms with Crippen LogP contribution in [0.25, 0.3) is 10.8 Å². The summed E-state index contributed by atoms with van der Waals surface area (Å²) in [6, 6.07) is 4.43. The van der Waals surface area contributed by atoms with Crippen molar-refractivity contribution in [1.82, 2.24) is 15.1 Å². The largest absolute Gasteiger partial charge is 0.480 e. The van der Waals surface area contributed by atoms with Gasteiger partial charge in [0.15, 0.2) is 6.29 Å². The monoisotopic (exact) mass is 550 g/mol. The van der Waals surface area contributed by atoms with E-state index in [4.69, 9.17) is 28.8 Å². The number of carbonyl (C=O) groups excluding carboxylic acids is 2. The fraction of sp³-hybridized carbons (Fsp3) is 0.560. The summed E-state index contributed by atoms with van der Waals surface area (Å²) in [4.78, 5) is 46.7. The highest BCUT2D eigenvalue weighted by molar-refractivity contribution is 5.99. The fourth-order valence-electron chi connectivity index (χ4n) is 3.75. The minimum absolute atomic E-state index is 0.163. The average molecular weight is 551 g/mol. The number of rotatable bonds is 18. The fourth-order valence-corrected chi connectivity index (χ4v) is 3.75. The maximum absolute atomic E-state index is 12.9. The van der Waals surface area contributed by atoms with Crippen LogP contribution >= 0.6 is 0 Å². The molecule has 14 heteroatoms. The Morgan fingerprint density at radius 1 is 1.08 bits per heavy atom. The first-order valence-electron chi connectivity index (χ1n) is 12.6. The van der Waals surface area contributed by atoms with Crippen molar-refractivity contribution in [3.63, 3.8) is 0 Å². The second-order valence-electron chi connectivity index (χ2n) is 8.57. The van der Waals surface area contributed by atoms with E-state index < -0.39 is 24.2 Å². The van der Waals surface area contributed by atoms with Crippen molar-refractivity contribution >= 4 is 34.2 Å². The number of carboxylic acids is 1. The van der Waals surface area contributed by atoms with Crippen LogP contribution in [0.3, 0.4) is 0 Å². The van der Waals surface area contributed by atoms with Crippen molar-refractivity contribution in [1.29, 1.82) is 0 Å². The lowest BCUT2D eigenvalue weighted by molar-refractivity contribution is -0.143. The Balaban J connectivity index is 1.29. The van der Waals surface area contributed by atoms with Crippen LogP contribution in [0, 0.1) is 0 Å². The molecule has 3 N–H and O–H groups in total. The van der Waals surface area contributed by atoms with Crippen LogP contribution in [0.2, 0.25) is 0 Å². The number of amides is 2. The standard InChI is InChI=1S/C25H34N4O10/c1-17(39-13-12-36-9-8-35-10-11-37-16-23(31)32)38-7-6-26-19-2-3-20-18(14-19)15-27-29(25(20)34)21-4-5-22(30)28-24(21)33/h2-3,14-15,17,21,26H,4-13,16H2,1H3,(H,31,32)(H,28,30,33). The molecule has 2 amide bonds. The molecule has 2 heterocycles. The van der Waals surface area contributed by atoms with Crippen LogP contribution in [0.5, 0.6) is 0 Å². The van der Waals surface area contributed by atoms with Crippen LogP contribution in [0.1, 0.15) is 25.8 Å². The van der Waals surface area contributed by atoms with Crippen LogP contribution in [-0.2, 0) is 38.1 Å². The van der Waals surface area contributed by atoms with E-state index in [0.717, 1.165) is 10.4 Å². The first-order chi connectivity index (χ1) is 18.8. The van der Waals surface area contributed by atoms with Gasteiger partial charge < -0.3 is 34.1 Å². The van der Waals surface area contributed by atoms with Gasteiger partial charge in [0.05, 0.1) is 57.8 Å². The summed E-state index contributed by atoms with van der Waals surface area (Å²) in [6.07, 6.45) is 1.51. The molecule has 1 aromatic carbocycles. The molecule has 0 spiro atoms. The van der Waals surface area contributed by atoms with E-state index in [1.807, 2.05) is 0 Å². The number of aromatic nitrogens is 2. The number of imide groups is 1. The smallest absolute Gasteiger partial charge is 0.329 e. The normalized spacial score (nSPS) is 16.3. The van der Waals surface area contributed by atoms with E-state index in [-0.39, 0.29) is 37.5 Å². The van der Waals surface area contributed by atoms with Gasteiger partial charge in [-0.05, 0) is 31.5 Å². The zero-order valence-electron chi connectivity index (χ0n) is 21.8. The Labute approximate surface area is 224 Å².